The summed E-state index contributed by atoms with van der Waals surface area (Å²) in [6.45, 7) is 5.76. The largest absolute Gasteiger partial charge is 0.528 e. The van der Waals surface area contributed by atoms with Gasteiger partial charge in [-0.25, -0.2) is 4.79 Å². The monoisotopic (exact) mass is 335 g/mol. The highest BCUT2D eigenvalue weighted by atomic mass is 16.8. The summed E-state index contributed by atoms with van der Waals surface area (Å²) in [4.78, 5) is 29.7. The summed E-state index contributed by atoms with van der Waals surface area (Å²) in [7, 11) is 0. The summed E-state index contributed by atoms with van der Waals surface area (Å²) in [6, 6.07) is 6.47. The summed E-state index contributed by atoms with van der Waals surface area (Å²) in [6.07, 6.45) is 1.53. The lowest BCUT2D eigenvalue weighted by atomic mass is 10.0. The lowest BCUT2D eigenvalue weighted by molar-refractivity contribution is -0.179. The van der Waals surface area contributed by atoms with Crippen molar-refractivity contribution in [3.8, 4) is 0 Å². The summed E-state index contributed by atoms with van der Waals surface area (Å²) < 4.78 is 5.15. The fraction of sp³-hybridized carbons (Fsp3) is 0.529. The highest BCUT2D eigenvalue weighted by molar-refractivity contribution is 5.97. The number of hydrogen-bond acceptors (Lipinski definition) is 6. The minimum Gasteiger partial charge on any atom is -0.427 e. The van der Waals surface area contributed by atoms with E-state index in [1.54, 1.807) is 45.0 Å². The SMILES string of the molecule is CC(C)(C)OC(=O)ON1CCCCC1C(=O)Nc1ccccc1N. The highest BCUT2D eigenvalue weighted by Crippen LogP contribution is 2.22. The van der Waals surface area contributed by atoms with E-state index >= 15 is 0 Å². The average Bonchev–Trinajstić information content (AvgIpc) is 2.48. The van der Waals surface area contributed by atoms with Crippen LogP contribution in [0.3, 0.4) is 0 Å². The molecule has 7 heteroatoms. The number of ether oxygens (including phenoxy) is 1. The van der Waals surface area contributed by atoms with Gasteiger partial charge in [-0.2, -0.15) is 0 Å². The van der Waals surface area contributed by atoms with Crippen molar-refractivity contribution >= 4 is 23.4 Å². The topological polar surface area (TPSA) is 93.9 Å². The van der Waals surface area contributed by atoms with Crippen LogP contribution in [0, 0.1) is 0 Å². The molecule has 1 aromatic carbocycles. The second-order valence-corrected chi connectivity index (χ2v) is 6.78. The highest BCUT2D eigenvalue weighted by Gasteiger charge is 2.33. The van der Waals surface area contributed by atoms with Crippen molar-refractivity contribution < 1.29 is 19.2 Å². The van der Waals surface area contributed by atoms with Crippen molar-refractivity contribution in [1.82, 2.24) is 5.06 Å². The van der Waals surface area contributed by atoms with Gasteiger partial charge >= 0.3 is 6.16 Å². The Bertz CT molecular complexity index is 598. The molecule has 1 atom stereocenters. The predicted molar refractivity (Wildman–Crippen MR) is 91.1 cm³/mol. The molecule has 0 spiro atoms. The van der Waals surface area contributed by atoms with Crippen LogP contribution in [0.1, 0.15) is 40.0 Å². The number of nitrogen functional groups attached to an aromatic ring is 1. The number of amides is 1. The van der Waals surface area contributed by atoms with E-state index in [-0.39, 0.29) is 5.91 Å². The Morgan fingerprint density at radius 1 is 1.25 bits per heavy atom. The molecule has 0 radical (unpaired) electrons. The second-order valence-electron chi connectivity index (χ2n) is 6.78. The van der Waals surface area contributed by atoms with Gasteiger partial charge in [0.2, 0.25) is 5.91 Å². The van der Waals surface area contributed by atoms with Gasteiger partial charge in [0, 0.05) is 6.54 Å². The lowest BCUT2D eigenvalue weighted by Crippen LogP contribution is -2.48. The molecule has 132 valence electrons. The van der Waals surface area contributed by atoms with Crippen LogP contribution in [0.5, 0.6) is 0 Å². The lowest BCUT2D eigenvalue weighted by Gasteiger charge is -2.33. The number of anilines is 2. The smallest absolute Gasteiger partial charge is 0.427 e. The van der Waals surface area contributed by atoms with Crippen LogP contribution in [0.2, 0.25) is 0 Å². The Kier molecular flexibility index (Phi) is 5.66. The molecule has 1 heterocycles. The summed E-state index contributed by atoms with van der Waals surface area (Å²) >= 11 is 0. The molecule has 0 aliphatic carbocycles. The van der Waals surface area contributed by atoms with E-state index < -0.39 is 17.8 Å². The fourth-order valence-electron chi connectivity index (χ4n) is 2.47. The fourth-order valence-corrected chi connectivity index (χ4v) is 2.47. The van der Waals surface area contributed by atoms with Crippen LogP contribution in [0.25, 0.3) is 0 Å². The number of nitrogens with two attached hydrogens (primary N) is 1. The minimum absolute atomic E-state index is 0.254. The van der Waals surface area contributed by atoms with Gasteiger partial charge < -0.3 is 20.6 Å². The van der Waals surface area contributed by atoms with E-state index in [9.17, 15) is 9.59 Å². The standard InChI is InChI=1S/C17H25N3O4/c1-17(2,3)23-16(22)24-20-11-7-6-10-14(20)15(21)19-13-9-5-4-8-12(13)18/h4-5,8-9,14H,6-7,10-11,18H2,1-3H3,(H,19,21). The number of para-hydroxylation sites is 2. The van der Waals surface area contributed by atoms with Crippen molar-refractivity contribution in [2.45, 2.75) is 51.7 Å². The zero-order chi connectivity index (χ0) is 17.7. The summed E-state index contributed by atoms with van der Waals surface area (Å²) in [5, 5.41) is 4.19. The number of carbonyl (C=O) groups excluding carboxylic acids is 2. The van der Waals surface area contributed by atoms with Crippen molar-refractivity contribution in [2.75, 3.05) is 17.6 Å². The van der Waals surface area contributed by atoms with Gasteiger partial charge in [-0.3, -0.25) is 4.79 Å². The maximum atomic E-state index is 12.6. The first-order chi connectivity index (χ1) is 11.3. The van der Waals surface area contributed by atoms with E-state index in [1.807, 2.05) is 0 Å². The van der Waals surface area contributed by atoms with E-state index in [0.29, 0.717) is 24.3 Å². The minimum atomic E-state index is -0.804. The zero-order valence-electron chi connectivity index (χ0n) is 14.4. The molecule has 0 aromatic heterocycles. The van der Waals surface area contributed by atoms with E-state index in [2.05, 4.69) is 5.32 Å². The molecule has 1 aliphatic rings. The number of piperidine rings is 1. The van der Waals surface area contributed by atoms with Crippen LogP contribution < -0.4 is 11.1 Å². The number of rotatable bonds is 3. The Morgan fingerprint density at radius 3 is 2.62 bits per heavy atom. The average molecular weight is 335 g/mol. The third-order valence-corrected chi connectivity index (χ3v) is 3.56. The third kappa shape index (κ3) is 5.13. The Hall–Kier alpha value is -2.28. The molecule has 2 rings (SSSR count). The predicted octanol–water partition coefficient (Wildman–Crippen LogP) is 2.93. The number of nitrogens with one attached hydrogen (secondary N) is 1. The van der Waals surface area contributed by atoms with Gasteiger partial charge in [0.15, 0.2) is 0 Å². The third-order valence-electron chi connectivity index (χ3n) is 3.56. The molecular formula is C17H25N3O4. The van der Waals surface area contributed by atoms with Crippen LogP contribution in [0.4, 0.5) is 16.2 Å². The van der Waals surface area contributed by atoms with Gasteiger partial charge in [-0.05, 0) is 52.2 Å². The molecule has 3 N–H and O–H groups in total. The number of hydrogen-bond donors (Lipinski definition) is 2. The Morgan fingerprint density at radius 2 is 1.96 bits per heavy atom. The number of nitrogens with zero attached hydrogens (tertiary/aromatic N) is 1. The first-order valence-corrected chi connectivity index (χ1v) is 8.09. The normalized spacial score (nSPS) is 18.7. The summed E-state index contributed by atoms with van der Waals surface area (Å²) in [5.41, 5.74) is 6.23. The first-order valence-electron chi connectivity index (χ1n) is 8.09. The van der Waals surface area contributed by atoms with E-state index in [4.69, 9.17) is 15.3 Å². The molecule has 1 aliphatic heterocycles. The molecule has 0 bridgehead atoms. The quantitative estimate of drug-likeness (QED) is 0.651. The molecule has 1 fully saturated rings. The molecule has 1 unspecified atom stereocenters. The van der Waals surface area contributed by atoms with E-state index in [0.717, 1.165) is 12.8 Å². The van der Waals surface area contributed by atoms with Crippen LogP contribution >= 0.6 is 0 Å². The van der Waals surface area contributed by atoms with Crippen LogP contribution in [0.15, 0.2) is 24.3 Å². The van der Waals surface area contributed by atoms with Crippen molar-refractivity contribution in [3.63, 3.8) is 0 Å². The Balaban J connectivity index is 2.01. The first kappa shape index (κ1) is 18.1. The van der Waals surface area contributed by atoms with Gasteiger partial charge in [-0.15, -0.1) is 5.06 Å². The molecular weight excluding hydrogens is 310 g/mol. The molecule has 24 heavy (non-hydrogen) atoms. The van der Waals surface area contributed by atoms with Crippen molar-refractivity contribution in [1.29, 1.82) is 0 Å². The number of benzene rings is 1. The summed E-state index contributed by atoms with van der Waals surface area (Å²) in [5.74, 6) is -0.254. The number of carbonyl (C=O) groups is 2. The van der Waals surface area contributed by atoms with Gasteiger partial charge in [-0.1, -0.05) is 12.1 Å². The second kappa shape index (κ2) is 7.53. The van der Waals surface area contributed by atoms with Crippen molar-refractivity contribution in [2.24, 2.45) is 0 Å². The van der Waals surface area contributed by atoms with Crippen LogP contribution in [-0.4, -0.2) is 35.3 Å². The van der Waals surface area contributed by atoms with Crippen molar-refractivity contribution in [3.05, 3.63) is 24.3 Å². The van der Waals surface area contributed by atoms with Crippen LogP contribution in [-0.2, 0) is 14.4 Å². The molecule has 1 saturated heterocycles. The molecule has 1 aromatic rings. The zero-order valence-corrected chi connectivity index (χ0v) is 14.4. The van der Waals surface area contributed by atoms with Gasteiger partial charge in [0.25, 0.3) is 0 Å². The van der Waals surface area contributed by atoms with Gasteiger partial charge in [0.1, 0.15) is 11.6 Å². The molecule has 7 nitrogen and oxygen atoms in total. The molecule has 0 saturated carbocycles. The maximum Gasteiger partial charge on any atom is 0.528 e. The Labute approximate surface area is 142 Å². The maximum absolute atomic E-state index is 12.6. The molecule has 1 amide bonds. The number of hydroxylamine groups is 2. The van der Waals surface area contributed by atoms with Gasteiger partial charge in [0.05, 0.1) is 11.4 Å². The van der Waals surface area contributed by atoms with E-state index in [1.165, 1.54) is 5.06 Å².